The van der Waals surface area contributed by atoms with Crippen molar-refractivity contribution in [2.45, 2.75) is 203 Å². The summed E-state index contributed by atoms with van der Waals surface area (Å²) in [5.74, 6) is 3.07. The van der Waals surface area contributed by atoms with Gasteiger partial charge in [-0.05, 0) is 111 Å². The maximum atomic E-state index is 13.1. The molecule has 0 aromatic heterocycles. The van der Waals surface area contributed by atoms with E-state index in [4.69, 9.17) is 4.74 Å². The molecule has 0 bridgehead atoms. The molecule has 0 spiro atoms. The first-order chi connectivity index (χ1) is 22.2. The SMILES string of the molecule is CCCCCCCCCCCCCC(=O)O[C@H]1CC[C@]2(C)[C@H]3CC[C@@H]4[C@H]5[C@H](C)C(C)=CC[C@]5(C)[C@@H](O)C[C@@]4(C)[C@]3(C)CC[C@H]2C1(C)C. The van der Waals surface area contributed by atoms with Crippen LogP contribution in [0.5, 0.6) is 0 Å². The summed E-state index contributed by atoms with van der Waals surface area (Å²) in [6.45, 7) is 22.3. The van der Waals surface area contributed by atoms with Crippen LogP contribution in [0, 0.1) is 56.7 Å². The first kappa shape index (κ1) is 37.4. The number of rotatable bonds is 13. The Morgan fingerprint density at radius 1 is 0.787 bits per heavy atom. The number of hydrogen-bond acceptors (Lipinski definition) is 3. The van der Waals surface area contributed by atoms with Gasteiger partial charge in [-0.25, -0.2) is 0 Å². The van der Waals surface area contributed by atoms with E-state index in [0.717, 1.165) is 32.1 Å². The Balaban J connectivity index is 1.18. The predicted octanol–water partition coefficient (Wildman–Crippen LogP) is 12.2. The zero-order valence-electron chi connectivity index (χ0n) is 32.5. The molecule has 0 aliphatic heterocycles. The van der Waals surface area contributed by atoms with E-state index in [1.54, 1.807) is 5.57 Å². The van der Waals surface area contributed by atoms with Crippen molar-refractivity contribution in [2.75, 3.05) is 0 Å². The fraction of sp³-hybridized carbons (Fsp3) is 0.932. The quantitative estimate of drug-likeness (QED) is 0.122. The van der Waals surface area contributed by atoms with Crippen LogP contribution >= 0.6 is 0 Å². The second-order valence-corrected chi connectivity index (χ2v) is 19.5. The van der Waals surface area contributed by atoms with E-state index in [2.05, 4.69) is 68.4 Å². The maximum Gasteiger partial charge on any atom is 0.306 e. The van der Waals surface area contributed by atoms with Gasteiger partial charge in [0.1, 0.15) is 6.10 Å². The van der Waals surface area contributed by atoms with Crippen LogP contribution in [0.2, 0.25) is 0 Å². The molecule has 0 aromatic rings. The van der Waals surface area contributed by atoms with E-state index in [0.29, 0.717) is 36.0 Å². The molecule has 0 amide bonds. The highest BCUT2D eigenvalue weighted by Crippen LogP contribution is 2.76. The van der Waals surface area contributed by atoms with E-state index >= 15 is 0 Å². The summed E-state index contributed by atoms with van der Waals surface area (Å²) in [7, 11) is 0. The average molecular weight is 653 g/mol. The molecule has 1 N–H and O–H groups in total. The summed E-state index contributed by atoms with van der Waals surface area (Å²) in [4.78, 5) is 13.1. The number of allylic oxidation sites excluding steroid dienone is 2. The van der Waals surface area contributed by atoms with Gasteiger partial charge in [-0.1, -0.05) is 131 Å². The minimum absolute atomic E-state index is 0.00484. The second kappa shape index (κ2) is 14.4. The molecule has 0 heterocycles. The fourth-order valence-electron chi connectivity index (χ4n) is 13.6. The predicted molar refractivity (Wildman–Crippen MR) is 197 cm³/mol. The third kappa shape index (κ3) is 6.57. The number of fused-ring (bicyclic) bond motifs is 7. The Hall–Kier alpha value is -0.830. The number of esters is 1. The van der Waals surface area contributed by atoms with Crippen LogP contribution in [0.4, 0.5) is 0 Å². The lowest BCUT2D eigenvalue weighted by Gasteiger charge is -2.74. The molecule has 3 nitrogen and oxygen atoms in total. The minimum Gasteiger partial charge on any atom is -0.462 e. The largest absolute Gasteiger partial charge is 0.462 e. The molecule has 0 unspecified atom stereocenters. The number of carbonyl (C=O) groups is 1. The molecule has 0 radical (unpaired) electrons. The first-order valence-electron chi connectivity index (χ1n) is 20.7. The highest BCUT2D eigenvalue weighted by Gasteiger charge is 2.71. The van der Waals surface area contributed by atoms with Gasteiger partial charge in [0.05, 0.1) is 6.10 Å². The van der Waals surface area contributed by atoms with Crippen LogP contribution in [-0.4, -0.2) is 23.3 Å². The van der Waals surface area contributed by atoms with Crippen LogP contribution in [-0.2, 0) is 9.53 Å². The van der Waals surface area contributed by atoms with Gasteiger partial charge >= 0.3 is 5.97 Å². The van der Waals surface area contributed by atoms with Crippen molar-refractivity contribution in [3.05, 3.63) is 11.6 Å². The van der Waals surface area contributed by atoms with Gasteiger partial charge in [0, 0.05) is 17.3 Å². The van der Waals surface area contributed by atoms with Crippen molar-refractivity contribution in [3.8, 4) is 0 Å². The molecule has 3 heteroatoms. The molecule has 0 saturated heterocycles. The highest BCUT2D eigenvalue weighted by molar-refractivity contribution is 5.69. The molecule has 5 aliphatic carbocycles. The van der Waals surface area contributed by atoms with Crippen LogP contribution in [0.3, 0.4) is 0 Å². The molecule has 5 rings (SSSR count). The lowest BCUT2D eigenvalue weighted by molar-refractivity contribution is -0.268. The van der Waals surface area contributed by atoms with Gasteiger partial charge in [-0.3, -0.25) is 4.79 Å². The summed E-state index contributed by atoms with van der Waals surface area (Å²) in [5, 5.41) is 12.0. The van der Waals surface area contributed by atoms with Crippen molar-refractivity contribution in [3.63, 3.8) is 0 Å². The van der Waals surface area contributed by atoms with Gasteiger partial charge in [0.25, 0.3) is 0 Å². The molecular formula is C44H76O3. The van der Waals surface area contributed by atoms with Crippen molar-refractivity contribution in [2.24, 2.45) is 56.7 Å². The highest BCUT2D eigenvalue weighted by atomic mass is 16.5. The summed E-state index contributed by atoms with van der Waals surface area (Å²) in [6.07, 6.45) is 26.4. The summed E-state index contributed by atoms with van der Waals surface area (Å²) in [5.41, 5.74) is 2.18. The zero-order valence-corrected chi connectivity index (χ0v) is 32.5. The Labute approximate surface area is 291 Å². The Morgan fingerprint density at radius 3 is 2.04 bits per heavy atom. The fourth-order valence-corrected chi connectivity index (χ4v) is 13.6. The Morgan fingerprint density at radius 2 is 1.40 bits per heavy atom. The minimum atomic E-state index is -0.228. The lowest BCUT2D eigenvalue weighted by Crippen LogP contribution is -2.69. The van der Waals surface area contributed by atoms with E-state index in [1.165, 1.54) is 89.9 Å². The van der Waals surface area contributed by atoms with Crippen molar-refractivity contribution >= 4 is 5.97 Å². The van der Waals surface area contributed by atoms with Crippen molar-refractivity contribution < 1.29 is 14.6 Å². The number of hydrogen-bond donors (Lipinski definition) is 1. The summed E-state index contributed by atoms with van der Waals surface area (Å²) < 4.78 is 6.39. The van der Waals surface area contributed by atoms with Crippen molar-refractivity contribution in [1.82, 2.24) is 0 Å². The molecule has 4 saturated carbocycles. The lowest BCUT2D eigenvalue weighted by atomic mass is 9.31. The summed E-state index contributed by atoms with van der Waals surface area (Å²) in [6, 6.07) is 0. The topological polar surface area (TPSA) is 46.5 Å². The third-order valence-corrected chi connectivity index (χ3v) is 16.8. The first-order valence-corrected chi connectivity index (χ1v) is 20.7. The van der Waals surface area contributed by atoms with Crippen LogP contribution in [0.15, 0.2) is 11.6 Å². The molecule has 47 heavy (non-hydrogen) atoms. The standard InChI is InChI=1S/C44H76O3/c1-10-11-12-13-14-15-16-17-18-19-20-21-38(46)47-37-26-28-41(6)34(40(37,4)5)25-29-43(8)35(41)23-22-33-39-32(3)31(2)24-27-42(39,7)36(45)30-44(33,43)9/h24,32-37,39,45H,10-23,25-30H2,1-9H3/t32-,33-,34+,35-,36+,37+,39-,41+,42-,43-,44-/m1/s1. The molecule has 0 aromatic carbocycles. The van der Waals surface area contributed by atoms with Crippen molar-refractivity contribution in [1.29, 1.82) is 0 Å². The molecular weight excluding hydrogens is 576 g/mol. The third-order valence-electron chi connectivity index (χ3n) is 16.8. The molecule has 4 fully saturated rings. The van der Waals surface area contributed by atoms with Gasteiger partial charge in [0.15, 0.2) is 0 Å². The van der Waals surface area contributed by atoms with E-state index in [1.807, 2.05) is 0 Å². The smallest absolute Gasteiger partial charge is 0.306 e. The average Bonchev–Trinajstić information content (AvgIpc) is 3.00. The van der Waals surface area contributed by atoms with E-state index in [-0.39, 0.29) is 45.3 Å². The summed E-state index contributed by atoms with van der Waals surface area (Å²) >= 11 is 0. The number of aliphatic hydroxyl groups is 1. The van der Waals surface area contributed by atoms with Gasteiger partial charge < -0.3 is 9.84 Å². The number of ether oxygens (including phenoxy) is 1. The Kier molecular flexibility index (Phi) is 11.5. The molecule has 5 aliphatic rings. The van der Waals surface area contributed by atoms with Crippen LogP contribution < -0.4 is 0 Å². The van der Waals surface area contributed by atoms with Crippen LogP contribution in [0.1, 0.15) is 191 Å². The number of unbranched alkanes of at least 4 members (excludes halogenated alkanes) is 10. The van der Waals surface area contributed by atoms with Gasteiger partial charge in [-0.2, -0.15) is 0 Å². The maximum absolute atomic E-state index is 13.1. The van der Waals surface area contributed by atoms with E-state index in [9.17, 15) is 9.90 Å². The zero-order chi connectivity index (χ0) is 34.3. The Bertz CT molecular complexity index is 1110. The number of carbonyl (C=O) groups excluding carboxylic acids is 1. The van der Waals surface area contributed by atoms with Gasteiger partial charge in [0.2, 0.25) is 0 Å². The normalized spacial score (nSPS) is 44.0. The monoisotopic (exact) mass is 653 g/mol. The molecule has 11 atom stereocenters. The second-order valence-electron chi connectivity index (χ2n) is 19.5. The molecule has 270 valence electrons. The van der Waals surface area contributed by atoms with Crippen LogP contribution in [0.25, 0.3) is 0 Å². The van der Waals surface area contributed by atoms with Gasteiger partial charge in [-0.15, -0.1) is 0 Å². The number of aliphatic hydroxyl groups excluding tert-OH is 1. The van der Waals surface area contributed by atoms with E-state index < -0.39 is 0 Å².